The first-order valence-electron chi connectivity index (χ1n) is 9.81. The summed E-state index contributed by atoms with van der Waals surface area (Å²) in [6, 6.07) is 2.55. The van der Waals surface area contributed by atoms with Gasteiger partial charge in [0.05, 0.1) is 23.8 Å². The summed E-state index contributed by atoms with van der Waals surface area (Å²) in [4.78, 5) is 37.9. The fraction of sp³-hybridized carbons (Fsp3) is 0.550. The van der Waals surface area contributed by atoms with Crippen LogP contribution in [-0.4, -0.2) is 41.7 Å². The van der Waals surface area contributed by atoms with Gasteiger partial charge < -0.3 is 14.0 Å². The van der Waals surface area contributed by atoms with Gasteiger partial charge in [-0.2, -0.15) is 0 Å². The molecule has 2 aromatic heterocycles. The minimum Gasteiger partial charge on any atom is -0.465 e. The molecule has 9 heteroatoms. The van der Waals surface area contributed by atoms with Crippen LogP contribution < -0.4 is 11.1 Å². The quantitative estimate of drug-likeness (QED) is 0.373. The van der Waals surface area contributed by atoms with E-state index >= 15 is 0 Å². The lowest BCUT2D eigenvalue weighted by atomic mass is 10.1. The number of aromatic nitrogens is 3. The van der Waals surface area contributed by atoms with Crippen LogP contribution >= 0.6 is 0 Å². The molecule has 0 aliphatic heterocycles. The predicted molar refractivity (Wildman–Crippen MR) is 113 cm³/mol. The first-order chi connectivity index (χ1) is 13.6. The summed E-state index contributed by atoms with van der Waals surface area (Å²) in [7, 11) is 1.73. The van der Waals surface area contributed by atoms with Gasteiger partial charge in [-0.3, -0.25) is 19.0 Å². The first-order valence-corrected chi connectivity index (χ1v) is 13.5. The maximum absolute atomic E-state index is 13.0. The summed E-state index contributed by atoms with van der Waals surface area (Å²) in [6.45, 7) is 7.69. The molecule has 0 amide bonds. The highest BCUT2D eigenvalue weighted by Crippen LogP contribution is 2.34. The average Bonchev–Trinajstić information content (AvgIpc) is 3.46. The van der Waals surface area contributed by atoms with Crippen molar-refractivity contribution in [2.75, 3.05) is 13.7 Å². The Hall–Kier alpha value is -2.39. The zero-order chi connectivity index (χ0) is 21.3. The molecular weight excluding hydrogens is 390 g/mol. The Morgan fingerprint density at radius 1 is 1.14 bits per heavy atom. The van der Waals surface area contributed by atoms with Gasteiger partial charge >= 0.3 is 5.97 Å². The zero-order valence-electron chi connectivity index (χ0n) is 17.7. The van der Waals surface area contributed by atoms with E-state index in [-0.39, 0.29) is 40.6 Å². The first kappa shape index (κ1) is 21.3. The van der Waals surface area contributed by atoms with Crippen LogP contribution in [0.15, 0.2) is 28.0 Å². The van der Waals surface area contributed by atoms with Crippen molar-refractivity contribution in [1.29, 1.82) is 0 Å². The molecule has 3 rings (SSSR count). The largest absolute Gasteiger partial charge is 0.465 e. The highest BCUT2D eigenvalue weighted by atomic mass is 28.3. The third kappa shape index (κ3) is 4.79. The molecule has 0 atom stereocenters. The van der Waals surface area contributed by atoms with Crippen molar-refractivity contribution in [3.8, 4) is 11.1 Å². The van der Waals surface area contributed by atoms with Crippen LogP contribution in [0.3, 0.4) is 0 Å². The minimum atomic E-state index is -1.20. The number of nitrogens with zero attached hydrogens (tertiary/aromatic N) is 3. The van der Waals surface area contributed by atoms with Crippen molar-refractivity contribution in [3.05, 3.63) is 44.7 Å². The van der Waals surface area contributed by atoms with Crippen LogP contribution in [0.1, 0.15) is 29.2 Å². The molecule has 1 saturated carbocycles. The standard InChI is InChI=1S/C20H29N3O5Si/c1-21-18(24)17(12-22(21)13-28-8-9-29(3,4)5)16-10-14(20(26)27-2)11-23(19(16)25)15-6-7-15/h10-12,15H,6-9,13H2,1-5H3. The number of carbonyl (C=O) groups excluding carboxylic acids is 1. The topological polar surface area (TPSA) is 84.5 Å². The Labute approximate surface area is 170 Å². The summed E-state index contributed by atoms with van der Waals surface area (Å²) in [5.41, 5.74) is 0.151. The Bertz CT molecular complexity index is 1020. The number of rotatable bonds is 8. The molecule has 0 radical (unpaired) electrons. The van der Waals surface area contributed by atoms with Crippen molar-refractivity contribution in [3.63, 3.8) is 0 Å². The fourth-order valence-electron chi connectivity index (χ4n) is 3.08. The zero-order valence-corrected chi connectivity index (χ0v) is 18.7. The number of pyridine rings is 1. The smallest absolute Gasteiger partial charge is 0.339 e. The van der Waals surface area contributed by atoms with Gasteiger partial charge in [-0.15, -0.1) is 0 Å². The Balaban J connectivity index is 1.94. The van der Waals surface area contributed by atoms with Gasteiger partial charge in [0.15, 0.2) is 0 Å². The van der Waals surface area contributed by atoms with E-state index in [9.17, 15) is 14.4 Å². The number of hydrogen-bond donors (Lipinski definition) is 0. The predicted octanol–water partition coefficient (Wildman–Crippen LogP) is 2.45. The molecule has 1 aliphatic rings. The normalized spacial score (nSPS) is 14.2. The van der Waals surface area contributed by atoms with Gasteiger partial charge in [-0.1, -0.05) is 19.6 Å². The molecule has 0 aromatic carbocycles. The van der Waals surface area contributed by atoms with E-state index in [4.69, 9.17) is 9.47 Å². The number of methoxy groups -OCH3 is 1. The summed E-state index contributed by atoms with van der Waals surface area (Å²) >= 11 is 0. The number of carbonyl (C=O) groups is 1. The summed E-state index contributed by atoms with van der Waals surface area (Å²) in [5.74, 6) is -0.536. The molecule has 0 bridgehead atoms. The van der Waals surface area contributed by atoms with E-state index in [0.29, 0.717) is 6.61 Å². The lowest BCUT2D eigenvalue weighted by Crippen LogP contribution is -2.26. The van der Waals surface area contributed by atoms with Crippen LogP contribution in [0, 0.1) is 0 Å². The SMILES string of the molecule is COC(=O)c1cc(-c2cn(COCC[Si](C)(C)C)n(C)c2=O)c(=O)n(C2CC2)c1. The number of ether oxygens (including phenoxy) is 2. The highest BCUT2D eigenvalue weighted by Gasteiger charge is 2.28. The van der Waals surface area contributed by atoms with Gasteiger partial charge in [0.2, 0.25) is 0 Å². The van der Waals surface area contributed by atoms with Crippen molar-refractivity contribution < 1.29 is 14.3 Å². The number of esters is 1. The van der Waals surface area contributed by atoms with Gasteiger partial charge in [-0.25, -0.2) is 4.79 Å². The van der Waals surface area contributed by atoms with Crippen molar-refractivity contribution in [2.45, 2.75) is 51.3 Å². The molecule has 0 saturated heterocycles. The molecule has 0 unspecified atom stereocenters. The molecule has 158 valence electrons. The fourth-order valence-corrected chi connectivity index (χ4v) is 3.83. The van der Waals surface area contributed by atoms with E-state index in [0.717, 1.165) is 18.9 Å². The monoisotopic (exact) mass is 419 g/mol. The minimum absolute atomic E-state index is 0.0710. The molecule has 29 heavy (non-hydrogen) atoms. The molecule has 1 aliphatic carbocycles. The van der Waals surface area contributed by atoms with Crippen LogP contribution in [0.5, 0.6) is 0 Å². The molecular formula is C20H29N3O5Si. The van der Waals surface area contributed by atoms with E-state index in [1.165, 1.54) is 24.1 Å². The second-order valence-corrected chi connectivity index (χ2v) is 14.4. The van der Waals surface area contributed by atoms with E-state index < -0.39 is 14.0 Å². The third-order valence-corrected chi connectivity index (χ3v) is 6.81. The number of hydrogen-bond acceptors (Lipinski definition) is 5. The summed E-state index contributed by atoms with van der Waals surface area (Å²) in [6.07, 6.45) is 4.91. The van der Waals surface area contributed by atoms with E-state index in [1.807, 2.05) is 0 Å². The van der Waals surface area contributed by atoms with Crippen LogP contribution in [-0.2, 0) is 23.3 Å². The van der Waals surface area contributed by atoms with Crippen LogP contribution in [0.2, 0.25) is 25.7 Å². The summed E-state index contributed by atoms with van der Waals surface area (Å²) in [5, 5.41) is 0. The third-order valence-electron chi connectivity index (χ3n) is 5.10. The lowest BCUT2D eigenvalue weighted by molar-refractivity contribution is 0.0599. The van der Waals surface area contributed by atoms with Crippen LogP contribution in [0.4, 0.5) is 0 Å². The van der Waals surface area contributed by atoms with Crippen molar-refractivity contribution in [2.24, 2.45) is 7.05 Å². The highest BCUT2D eigenvalue weighted by molar-refractivity contribution is 6.76. The van der Waals surface area contributed by atoms with E-state index in [1.54, 1.807) is 22.5 Å². The Kier molecular flexibility index (Phi) is 5.99. The van der Waals surface area contributed by atoms with Crippen molar-refractivity contribution >= 4 is 14.0 Å². The molecule has 1 fully saturated rings. The van der Waals surface area contributed by atoms with Crippen molar-refractivity contribution in [1.82, 2.24) is 13.9 Å². The molecule has 0 spiro atoms. The van der Waals surface area contributed by atoms with Gasteiger partial charge in [0.25, 0.3) is 11.1 Å². The molecule has 0 N–H and O–H groups in total. The molecule has 2 aromatic rings. The van der Waals surface area contributed by atoms with E-state index in [2.05, 4.69) is 19.6 Å². The Morgan fingerprint density at radius 3 is 2.41 bits per heavy atom. The summed E-state index contributed by atoms with van der Waals surface area (Å²) < 4.78 is 15.2. The van der Waals surface area contributed by atoms with Gasteiger partial charge in [0.1, 0.15) is 6.73 Å². The van der Waals surface area contributed by atoms with Gasteiger partial charge in [0, 0.05) is 40.2 Å². The molecule has 2 heterocycles. The molecule has 8 nitrogen and oxygen atoms in total. The maximum Gasteiger partial charge on any atom is 0.339 e. The van der Waals surface area contributed by atoms with Gasteiger partial charge in [-0.05, 0) is 25.0 Å². The maximum atomic E-state index is 13.0. The lowest BCUT2D eigenvalue weighted by Gasteiger charge is -2.16. The second-order valence-electron chi connectivity index (χ2n) is 8.74. The Morgan fingerprint density at radius 2 is 1.83 bits per heavy atom. The van der Waals surface area contributed by atoms with Crippen LogP contribution in [0.25, 0.3) is 11.1 Å². The average molecular weight is 420 g/mol. The second kappa shape index (κ2) is 8.15.